The van der Waals surface area contributed by atoms with Crippen LogP contribution in [0.3, 0.4) is 0 Å². The lowest BCUT2D eigenvalue weighted by molar-refractivity contribution is -0.130. The van der Waals surface area contributed by atoms with Crippen LogP contribution in [0.4, 0.5) is 0 Å². The number of nitrogens with zero attached hydrogens (tertiary/aromatic N) is 2. The van der Waals surface area contributed by atoms with Crippen LogP contribution >= 0.6 is 0 Å². The van der Waals surface area contributed by atoms with Gasteiger partial charge in [-0.05, 0) is 24.1 Å². The monoisotopic (exact) mass is 263 g/mol. The van der Waals surface area contributed by atoms with Gasteiger partial charge in [-0.2, -0.15) is 0 Å². The van der Waals surface area contributed by atoms with Gasteiger partial charge in [0.1, 0.15) is 0 Å². The molecule has 1 aromatic rings. The lowest BCUT2D eigenvalue weighted by atomic mass is 10.1. The molecule has 2 heterocycles. The van der Waals surface area contributed by atoms with E-state index in [4.69, 9.17) is 5.21 Å². The number of aromatic nitrogens is 1. The second kappa shape index (κ2) is 4.65. The molecule has 0 aromatic carbocycles. The molecule has 0 radical (unpaired) electrons. The van der Waals surface area contributed by atoms with E-state index in [2.05, 4.69) is 35.6 Å². The molecule has 0 bridgehead atoms. The van der Waals surface area contributed by atoms with Gasteiger partial charge in [0.2, 0.25) is 5.91 Å². The topological polar surface area (TPSA) is 57.5 Å². The van der Waals surface area contributed by atoms with Crippen molar-refractivity contribution in [2.75, 3.05) is 13.1 Å². The van der Waals surface area contributed by atoms with Crippen LogP contribution in [-0.4, -0.2) is 33.7 Å². The van der Waals surface area contributed by atoms with Gasteiger partial charge in [-0.25, -0.2) is 5.48 Å². The number of amides is 1. The summed E-state index contributed by atoms with van der Waals surface area (Å²) < 4.78 is 2.31. The zero-order valence-corrected chi connectivity index (χ0v) is 11.5. The van der Waals surface area contributed by atoms with Gasteiger partial charge in [-0.1, -0.05) is 13.8 Å². The molecule has 3 rings (SSSR count). The van der Waals surface area contributed by atoms with E-state index in [0.717, 1.165) is 26.2 Å². The Hall–Kier alpha value is -1.33. The molecule has 1 saturated carbocycles. The van der Waals surface area contributed by atoms with Gasteiger partial charge in [-0.15, -0.1) is 0 Å². The highest BCUT2D eigenvalue weighted by Crippen LogP contribution is 2.54. The third-order valence-corrected chi connectivity index (χ3v) is 4.67. The summed E-state index contributed by atoms with van der Waals surface area (Å²) in [6.45, 7) is 8.45. The maximum absolute atomic E-state index is 11.5. The molecule has 0 spiro atoms. The van der Waals surface area contributed by atoms with Crippen LogP contribution in [0, 0.1) is 11.8 Å². The first-order valence-electron chi connectivity index (χ1n) is 7.01. The Bertz CT molecular complexity index is 497. The molecule has 1 aliphatic carbocycles. The Morgan fingerprint density at radius 3 is 3.00 bits per heavy atom. The summed E-state index contributed by atoms with van der Waals surface area (Å²) in [5.41, 5.74) is 4.36. The van der Waals surface area contributed by atoms with E-state index >= 15 is 0 Å². The van der Waals surface area contributed by atoms with E-state index in [1.165, 1.54) is 11.3 Å². The first-order chi connectivity index (χ1) is 9.15. The van der Waals surface area contributed by atoms with E-state index in [-0.39, 0.29) is 17.7 Å². The third-order valence-electron chi connectivity index (χ3n) is 4.67. The number of likely N-dealkylation sites (N-methyl/N-ethyl adjacent to an activating group) is 1. The Labute approximate surface area is 113 Å². The minimum Gasteiger partial charge on any atom is -0.349 e. The van der Waals surface area contributed by atoms with Crippen LogP contribution in [0.25, 0.3) is 0 Å². The molecule has 0 unspecified atom stereocenters. The van der Waals surface area contributed by atoms with Crippen molar-refractivity contribution in [3.05, 3.63) is 23.5 Å². The molecule has 1 aliphatic heterocycles. The minimum absolute atomic E-state index is 0.0725. The van der Waals surface area contributed by atoms with Crippen molar-refractivity contribution in [1.29, 1.82) is 0 Å². The summed E-state index contributed by atoms with van der Waals surface area (Å²) in [7, 11) is 0. The number of hydroxylamine groups is 1. The highest BCUT2D eigenvalue weighted by atomic mass is 16.5. The van der Waals surface area contributed by atoms with Gasteiger partial charge in [0.25, 0.3) is 0 Å². The first-order valence-corrected chi connectivity index (χ1v) is 7.01. The van der Waals surface area contributed by atoms with Gasteiger partial charge in [0.05, 0.1) is 5.92 Å². The number of carbonyl (C=O) groups is 1. The van der Waals surface area contributed by atoms with Crippen molar-refractivity contribution >= 4 is 5.91 Å². The summed E-state index contributed by atoms with van der Waals surface area (Å²) in [5, 5.41) is 8.75. The molecule has 2 aliphatic rings. The SMILES string of the molecule is CCN1CCn2cc([C@@H]3[C@@H](C)[C@H]3C(=O)NO)cc2C1. The molecule has 1 amide bonds. The third kappa shape index (κ3) is 2.07. The molecule has 5 nitrogen and oxygen atoms in total. The van der Waals surface area contributed by atoms with Crippen molar-refractivity contribution in [1.82, 2.24) is 14.9 Å². The average molecular weight is 263 g/mol. The molecular formula is C14H21N3O2. The molecule has 0 saturated heterocycles. The Morgan fingerprint density at radius 1 is 1.53 bits per heavy atom. The first kappa shape index (κ1) is 12.7. The van der Waals surface area contributed by atoms with E-state index in [9.17, 15) is 4.79 Å². The van der Waals surface area contributed by atoms with Gasteiger partial charge in [0.15, 0.2) is 0 Å². The second-order valence-corrected chi connectivity index (χ2v) is 5.71. The summed E-state index contributed by atoms with van der Waals surface area (Å²) in [6, 6.07) is 2.23. The molecule has 1 fully saturated rings. The second-order valence-electron chi connectivity index (χ2n) is 5.71. The van der Waals surface area contributed by atoms with Crippen LogP contribution in [0.2, 0.25) is 0 Å². The summed E-state index contributed by atoms with van der Waals surface area (Å²) >= 11 is 0. The Morgan fingerprint density at radius 2 is 2.32 bits per heavy atom. The molecular weight excluding hydrogens is 242 g/mol. The number of rotatable bonds is 3. The van der Waals surface area contributed by atoms with Gasteiger partial charge < -0.3 is 4.57 Å². The largest absolute Gasteiger partial charge is 0.349 e. The fraction of sp³-hybridized carbons (Fsp3) is 0.643. The summed E-state index contributed by atoms with van der Waals surface area (Å²) in [6.07, 6.45) is 2.19. The highest BCUT2D eigenvalue weighted by molar-refractivity contribution is 5.82. The van der Waals surface area contributed by atoms with E-state index in [1.54, 1.807) is 5.48 Å². The zero-order chi connectivity index (χ0) is 13.6. The van der Waals surface area contributed by atoms with E-state index in [1.807, 2.05) is 0 Å². The van der Waals surface area contributed by atoms with Crippen molar-refractivity contribution in [3.8, 4) is 0 Å². The number of carbonyl (C=O) groups excluding carboxylic acids is 1. The summed E-state index contributed by atoms with van der Waals surface area (Å²) in [4.78, 5) is 14.0. The van der Waals surface area contributed by atoms with Crippen molar-refractivity contribution in [2.45, 2.75) is 32.9 Å². The molecule has 1 aromatic heterocycles. The fourth-order valence-corrected chi connectivity index (χ4v) is 3.38. The maximum Gasteiger partial charge on any atom is 0.247 e. The molecule has 2 N–H and O–H groups in total. The number of hydrogen-bond donors (Lipinski definition) is 2. The standard InChI is InChI=1S/C14H21N3O2/c1-3-16-4-5-17-7-10(6-11(17)8-16)12-9(2)13(12)14(18)15-19/h6-7,9,12-13,19H,3-5,8H2,1-2H3,(H,15,18)/t9-,12+,13-/m1/s1. The highest BCUT2D eigenvalue weighted by Gasteiger charge is 2.52. The number of nitrogens with one attached hydrogen (secondary N) is 1. The zero-order valence-electron chi connectivity index (χ0n) is 11.5. The van der Waals surface area contributed by atoms with Crippen molar-refractivity contribution < 1.29 is 10.0 Å². The Kier molecular flexibility index (Phi) is 3.11. The minimum atomic E-state index is -0.253. The predicted octanol–water partition coefficient (Wildman–Crippen LogP) is 1.18. The summed E-state index contributed by atoms with van der Waals surface area (Å²) in [5.74, 6) is 0.257. The van der Waals surface area contributed by atoms with Crippen molar-refractivity contribution in [2.24, 2.45) is 11.8 Å². The van der Waals surface area contributed by atoms with E-state index in [0.29, 0.717) is 5.92 Å². The smallest absolute Gasteiger partial charge is 0.247 e. The quantitative estimate of drug-likeness (QED) is 0.636. The number of hydrogen-bond acceptors (Lipinski definition) is 3. The Balaban J connectivity index is 1.78. The molecule has 19 heavy (non-hydrogen) atoms. The fourth-order valence-electron chi connectivity index (χ4n) is 3.38. The van der Waals surface area contributed by atoms with Crippen LogP contribution in [0.1, 0.15) is 31.0 Å². The average Bonchev–Trinajstić information content (AvgIpc) is 2.92. The van der Waals surface area contributed by atoms with Crippen LogP contribution in [0.5, 0.6) is 0 Å². The van der Waals surface area contributed by atoms with Gasteiger partial charge in [0, 0.05) is 37.4 Å². The number of fused-ring (bicyclic) bond motifs is 1. The predicted molar refractivity (Wildman–Crippen MR) is 70.7 cm³/mol. The van der Waals surface area contributed by atoms with E-state index < -0.39 is 0 Å². The van der Waals surface area contributed by atoms with Gasteiger partial charge >= 0.3 is 0 Å². The van der Waals surface area contributed by atoms with Crippen molar-refractivity contribution in [3.63, 3.8) is 0 Å². The van der Waals surface area contributed by atoms with Gasteiger partial charge in [-0.3, -0.25) is 14.9 Å². The lowest BCUT2D eigenvalue weighted by Gasteiger charge is -2.26. The maximum atomic E-state index is 11.5. The molecule has 104 valence electrons. The molecule has 3 atom stereocenters. The molecule has 5 heteroatoms. The normalized spacial score (nSPS) is 29.9. The van der Waals surface area contributed by atoms with Crippen LogP contribution in [0.15, 0.2) is 12.3 Å². The van der Waals surface area contributed by atoms with Crippen LogP contribution < -0.4 is 5.48 Å². The van der Waals surface area contributed by atoms with Crippen LogP contribution in [-0.2, 0) is 17.9 Å². The lowest BCUT2D eigenvalue weighted by Crippen LogP contribution is -2.32.